The lowest BCUT2D eigenvalue weighted by molar-refractivity contribution is 0.0932. The van der Waals surface area contributed by atoms with Crippen LogP contribution in [0.15, 0.2) is 91.1 Å². The maximum atomic E-state index is 12.6. The van der Waals surface area contributed by atoms with Crippen molar-refractivity contribution in [2.24, 2.45) is 0 Å². The summed E-state index contributed by atoms with van der Waals surface area (Å²) in [5, 5.41) is 5.32. The summed E-state index contributed by atoms with van der Waals surface area (Å²) in [6, 6.07) is 27.4. The van der Waals surface area contributed by atoms with E-state index < -0.39 is 0 Å². The minimum absolute atomic E-state index is 0.217. The van der Waals surface area contributed by atoms with E-state index in [0.29, 0.717) is 12.3 Å². The quantitative estimate of drug-likeness (QED) is 0.315. The number of rotatable bonds is 8. The number of hydrogen-bond donors (Lipinski definition) is 1. The molecule has 0 aliphatic rings. The van der Waals surface area contributed by atoms with Crippen LogP contribution in [-0.2, 0) is 6.54 Å². The van der Waals surface area contributed by atoms with Crippen LogP contribution >= 0.6 is 0 Å². The number of carbonyl (C=O) groups excluding carboxylic acids is 1. The van der Waals surface area contributed by atoms with E-state index in [-0.39, 0.29) is 11.9 Å². The largest absolute Gasteiger partial charge is 0.493 e. The van der Waals surface area contributed by atoms with Crippen LogP contribution in [0, 0.1) is 0 Å². The lowest BCUT2D eigenvalue weighted by atomic mass is 10.1. The summed E-state index contributed by atoms with van der Waals surface area (Å²) < 4.78 is 8.31. The summed E-state index contributed by atoms with van der Waals surface area (Å²) in [5.74, 6) is 1.49. The number of pyridine rings is 1. The van der Waals surface area contributed by atoms with Crippen LogP contribution in [0.5, 0.6) is 5.75 Å². The molecule has 1 atom stereocenters. The summed E-state index contributed by atoms with van der Waals surface area (Å²) in [4.78, 5) is 21.6. The molecule has 0 saturated heterocycles. The summed E-state index contributed by atoms with van der Waals surface area (Å²) in [7, 11) is 0. The Morgan fingerprint density at radius 1 is 0.971 bits per heavy atom. The van der Waals surface area contributed by atoms with Gasteiger partial charge in [-0.2, -0.15) is 0 Å². The average Bonchev–Trinajstić information content (AvgIpc) is 3.26. The Bertz CT molecular complexity index is 1420. The van der Waals surface area contributed by atoms with Crippen LogP contribution in [0.1, 0.15) is 35.7 Å². The second-order valence-corrected chi connectivity index (χ2v) is 8.20. The SMILES string of the molecule is CC(NC(=O)c1ccccn1)c1nc2ccccc2n1CCCOc1cccc2ccccc12. The molecule has 2 aromatic heterocycles. The zero-order valence-electron chi connectivity index (χ0n) is 19.0. The number of carbonyl (C=O) groups is 1. The first-order valence-corrected chi connectivity index (χ1v) is 11.5. The number of imidazole rings is 1. The predicted octanol–water partition coefficient (Wildman–Crippen LogP) is 5.54. The van der Waals surface area contributed by atoms with Crippen LogP contribution in [0.3, 0.4) is 0 Å². The van der Waals surface area contributed by atoms with Crippen molar-refractivity contribution in [1.82, 2.24) is 19.9 Å². The zero-order chi connectivity index (χ0) is 23.3. The van der Waals surface area contributed by atoms with Gasteiger partial charge >= 0.3 is 0 Å². The molecule has 0 fully saturated rings. The highest BCUT2D eigenvalue weighted by Gasteiger charge is 2.19. The molecule has 0 bridgehead atoms. The molecule has 0 saturated carbocycles. The highest BCUT2D eigenvalue weighted by molar-refractivity contribution is 5.92. The normalized spacial score (nSPS) is 12.0. The number of ether oxygens (including phenoxy) is 1. The smallest absolute Gasteiger partial charge is 0.270 e. The van der Waals surface area contributed by atoms with E-state index in [0.717, 1.165) is 41.0 Å². The van der Waals surface area contributed by atoms with Crippen molar-refractivity contribution in [2.45, 2.75) is 25.9 Å². The molecule has 0 radical (unpaired) electrons. The molecule has 5 aromatic rings. The maximum Gasteiger partial charge on any atom is 0.270 e. The maximum absolute atomic E-state index is 12.6. The number of hydrogen-bond acceptors (Lipinski definition) is 4. The van der Waals surface area contributed by atoms with Gasteiger partial charge in [0.05, 0.1) is 23.7 Å². The molecular formula is C28H26N4O2. The molecule has 5 rings (SSSR count). The minimum atomic E-state index is -0.277. The van der Waals surface area contributed by atoms with Gasteiger partial charge in [0.1, 0.15) is 17.3 Å². The molecule has 2 heterocycles. The van der Waals surface area contributed by atoms with E-state index >= 15 is 0 Å². The average molecular weight is 451 g/mol. The van der Waals surface area contributed by atoms with Gasteiger partial charge < -0.3 is 14.6 Å². The van der Waals surface area contributed by atoms with Gasteiger partial charge in [-0.05, 0) is 49.1 Å². The summed E-state index contributed by atoms with van der Waals surface area (Å²) in [5.41, 5.74) is 2.34. The Morgan fingerprint density at radius 2 is 1.76 bits per heavy atom. The monoisotopic (exact) mass is 450 g/mol. The lowest BCUT2D eigenvalue weighted by Crippen LogP contribution is -2.29. The van der Waals surface area contributed by atoms with Crippen LogP contribution < -0.4 is 10.1 Å². The standard InChI is InChI=1S/C28H26N4O2/c1-20(30-28(33)24-14-6-7-17-29-24)27-31-23-13-4-5-15-25(23)32(27)18-9-19-34-26-16-8-11-21-10-2-3-12-22(21)26/h2-8,10-17,20H,9,18-19H2,1H3,(H,30,33). The van der Waals surface area contributed by atoms with Crippen molar-refractivity contribution in [3.63, 3.8) is 0 Å². The first-order valence-electron chi connectivity index (χ1n) is 11.5. The summed E-state index contributed by atoms with van der Waals surface area (Å²) in [6.45, 7) is 3.25. The van der Waals surface area contributed by atoms with Gasteiger partial charge in [0.25, 0.3) is 5.91 Å². The molecule has 1 amide bonds. The van der Waals surface area contributed by atoms with Gasteiger partial charge in [-0.1, -0.05) is 54.6 Å². The van der Waals surface area contributed by atoms with Crippen molar-refractivity contribution in [3.8, 4) is 5.75 Å². The number of aromatic nitrogens is 3. The molecule has 6 heteroatoms. The fraction of sp³-hybridized carbons (Fsp3) is 0.179. The number of nitrogens with one attached hydrogen (secondary N) is 1. The van der Waals surface area contributed by atoms with Crippen molar-refractivity contribution in [3.05, 3.63) is 103 Å². The Morgan fingerprint density at radius 3 is 2.65 bits per heavy atom. The Balaban J connectivity index is 1.31. The van der Waals surface area contributed by atoms with Crippen LogP contribution in [-0.4, -0.2) is 27.0 Å². The van der Waals surface area contributed by atoms with E-state index in [9.17, 15) is 4.79 Å². The first-order chi connectivity index (χ1) is 16.7. The number of fused-ring (bicyclic) bond motifs is 2. The number of aryl methyl sites for hydroxylation is 1. The Hall–Kier alpha value is -4.19. The third-order valence-electron chi connectivity index (χ3n) is 5.85. The van der Waals surface area contributed by atoms with E-state index in [1.165, 1.54) is 5.39 Å². The lowest BCUT2D eigenvalue weighted by Gasteiger charge is -2.16. The van der Waals surface area contributed by atoms with Gasteiger partial charge in [0.2, 0.25) is 0 Å². The van der Waals surface area contributed by atoms with Crippen molar-refractivity contribution < 1.29 is 9.53 Å². The third kappa shape index (κ3) is 4.48. The second kappa shape index (κ2) is 9.75. The fourth-order valence-corrected chi connectivity index (χ4v) is 4.22. The summed E-state index contributed by atoms with van der Waals surface area (Å²) >= 11 is 0. The number of nitrogens with zero attached hydrogens (tertiary/aromatic N) is 3. The molecule has 6 nitrogen and oxygen atoms in total. The molecule has 0 aliphatic heterocycles. The molecule has 1 N–H and O–H groups in total. The topological polar surface area (TPSA) is 69.0 Å². The van der Waals surface area contributed by atoms with E-state index in [2.05, 4.69) is 39.1 Å². The molecular weight excluding hydrogens is 424 g/mol. The zero-order valence-corrected chi connectivity index (χ0v) is 19.0. The van der Waals surface area contributed by atoms with Gasteiger partial charge in [0, 0.05) is 18.1 Å². The highest BCUT2D eigenvalue weighted by Crippen LogP contribution is 2.26. The molecule has 170 valence electrons. The Kier molecular flexibility index (Phi) is 6.21. The summed E-state index contributed by atoms with van der Waals surface area (Å²) in [6.07, 6.45) is 2.42. The van der Waals surface area contributed by atoms with E-state index in [1.54, 1.807) is 24.4 Å². The van der Waals surface area contributed by atoms with Crippen molar-refractivity contribution in [2.75, 3.05) is 6.61 Å². The molecule has 3 aromatic carbocycles. The molecule has 34 heavy (non-hydrogen) atoms. The van der Waals surface area contributed by atoms with Crippen LogP contribution in [0.25, 0.3) is 21.8 Å². The van der Waals surface area contributed by atoms with Crippen molar-refractivity contribution >= 4 is 27.7 Å². The Labute approximate surface area is 198 Å². The van der Waals surface area contributed by atoms with Gasteiger partial charge in [-0.3, -0.25) is 9.78 Å². The number of amides is 1. The molecule has 1 unspecified atom stereocenters. The van der Waals surface area contributed by atoms with Gasteiger partial charge in [-0.25, -0.2) is 4.98 Å². The molecule has 0 spiro atoms. The van der Waals surface area contributed by atoms with Crippen LogP contribution in [0.4, 0.5) is 0 Å². The number of benzene rings is 3. The van der Waals surface area contributed by atoms with E-state index in [4.69, 9.17) is 9.72 Å². The highest BCUT2D eigenvalue weighted by atomic mass is 16.5. The van der Waals surface area contributed by atoms with Crippen LogP contribution in [0.2, 0.25) is 0 Å². The molecule has 0 aliphatic carbocycles. The number of para-hydroxylation sites is 2. The second-order valence-electron chi connectivity index (χ2n) is 8.20. The third-order valence-corrected chi connectivity index (χ3v) is 5.85. The van der Waals surface area contributed by atoms with Crippen molar-refractivity contribution in [1.29, 1.82) is 0 Å². The fourth-order valence-electron chi connectivity index (χ4n) is 4.22. The van der Waals surface area contributed by atoms with Gasteiger partial charge in [0.15, 0.2) is 0 Å². The van der Waals surface area contributed by atoms with Gasteiger partial charge in [-0.15, -0.1) is 0 Å². The van der Waals surface area contributed by atoms with E-state index in [1.807, 2.05) is 49.4 Å². The first kappa shape index (κ1) is 21.6. The minimum Gasteiger partial charge on any atom is -0.493 e. The predicted molar refractivity (Wildman–Crippen MR) is 134 cm³/mol.